The number of carbonyl (C=O) groups is 1. The number of methoxy groups -OCH3 is 1. The third-order valence-electron chi connectivity index (χ3n) is 5.02. The van der Waals surface area contributed by atoms with E-state index in [2.05, 4.69) is 21.6 Å². The van der Waals surface area contributed by atoms with Crippen molar-refractivity contribution in [2.24, 2.45) is 0 Å². The number of halogens is 1. The van der Waals surface area contributed by atoms with Gasteiger partial charge >= 0.3 is 6.03 Å². The molecule has 4 rings (SSSR count). The van der Waals surface area contributed by atoms with E-state index in [0.717, 1.165) is 28.8 Å². The maximum atomic E-state index is 13.8. The fourth-order valence-corrected chi connectivity index (χ4v) is 3.50. The van der Waals surface area contributed by atoms with E-state index in [1.165, 1.54) is 19.2 Å². The zero-order valence-electron chi connectivity index (χ0n) is 15.7. The Morgan fingerprint density at radius 3 is 2.89 bits per heavy atom. The van der Waals surface area contributed by atoms with Crippen LogP contribution in [0.4, 0.5) is 14.9 Å². The number of aromatic nitrogens is 2. The number of rotatable bonds is 4. The summed E-state index contributed by atoms with van der Waals surface area (Å²) in [5.74, 6) is 0.0307. The Hall–Kier alpha value is -3.35. The Bertz CT molecular complexity index is 1000. The topological polar surface area (TPSA) is 70.2 Å². The molecule has 1 aliphatic heterocycles. The highest BCUT2D eigenvalue weighted by molar-refractivity contribution is 5.95. The Labute approximate surface area is 162 Å². The molecule has 0 bridgehead atoms. The van der Waals surface area contributed by atoms with E-state index in [9.17, 15) is 9.18 Å². The average Bonchev–Trinajstić information content (AvgIpc) is 3.36. The molecule has 0 fully saturated rings. The molecule has 2 amide bonds. The lowest BCUT2D eigenvalue weighted by Gasteiger charge is -2.22. The zero-order chi connectivity index (χ0) is 19.7. The highest BCUT2D eigenvalue weighted by atomic mass is 19.1. The molecule has 2 aromatic carbocycles. The molecule has 7 heteroatoms. The van der Waals surface area contributed by atoms with Crippen molar-refractivity contribution in [3.8, 4) is 16.9 Å². The van der Waals surface area contributed by atoms with Crippen LogP contribution in [0.1, 0.15) is 24.1 Å². The monoisotopic (exact) mass is 380 g/mol. The predicted octanol–water partition coefficient (Wildman–Crippen LogP) is 4.06. The largest absolute Gasteiger partial charge is 0.497 e. The summed E-state index contributed by atoms with van der Waals surface area (Å²) >= 11 is 0. The highest BCUT2D eigenvalue weighted by Gasteiger charge is 2.26. The Morgan fingerprint density at radius 2 is 2.14 bits per heavy atom. The summed E-state index contributed by atoms with van der Waals surface area (Å²) in [6.07, 6.45) is 4.41. The number of amides is 2. The fourth-order valence-electron chi connectivity index (χ4n) is 3.50. The summed E-state index contributed by atoms with van der Waals surface area (Å²) in [7, 11) is 1.49. The molecular formula is C21H21FN4O2. The number of hydrogen-bond acceptors (Lipinski definition) is 3. The number of nitrogens with one attached hydrogen (secondary N) is 2. The first-order valence-electron chi connectivity index (χ1n) is 9.10. The van der Waals surface area contributed by atoms with Gasteiger partial charge in [-0.1, -0.05) is 6.07 Å². The smallest absolute Gasteiger partial charge is 0.322 e. The quantitative estimate of drug-likeness (QED) is 0.717. The molecule has 2 N–H and O–H groups in total. The number of hydrogen-bond donors (Lipinski definition) is 2. The van der Waals surface area contributed by atoms with Gasteiger partial charge in [-0.25, -0.2) is 9.18 Å². The highest BCUT2D eigenvalue weighted by Crippen LogP contribution is 2.32. The first-order chi connectivity index (χ1) is 13.5. The lowest BCUT2D eigenvalue weighted by atomic mass is 10.0. The second-order valence-corrected chi connectivity index (χ2v) is 6.83. The normalized spacial score (nSPS) is 13.9. The molecule has 0 saturated heterocycles. The minimum atomic E-state index is -0.395. The Morgan fingerprint density at radius 1 is 1.29 bits per heavy atom. The van der Waals surface area contributed by atoms with Crippen LogP contribution in [0.15, 0.2) is 48.8 Å². The molecule has 1 aliphatic rings. The maximum Gasteiger partial charge on any atom is 0.322 e. The molecule has 1 atom stereocenters. The third kappa shape index (κ3) is 3.43. The number of anilines is 1. The number of aromatic amines is 1. The van der Waals surface area contributed by atoms with Gasteiger partial charge in [0.25, 0.3) is 0 Å². The van der Waals surface area contributed by atoms with Gasteiger partial charge < -0.3 is 10.1 Å². The van der Waals surface area contributed by atoms with E-state index in [4.69, 9.17) is 4.74 Å². The molecule has 144 valence electrons. The van der Waals surface area contributed by atoms with Crippen molar-refractivity contribution in [2.45, 2.75) is 19.4 Å². The van der Waals surface area contributed by atoms with Crippen LogP contribution in [-0.4, -0.2) is 29.9 Å². The summed E-state index contributed by atoms with van der Waals surface area (Å²) in [6.45, 7) is 2.43. The fraction of sp³-hybridized carbons (Fsp3) is 0.238. The minimum absolute atomic E-state index is 0.203. The molecule has 1 unspecified atom stereocenters. The molecule has 0 saturated carbocycles. The lowest BCUT2D eigenvalue weighted by molar-refractivity contribution is 0.244. The van der Waals surface area contributed by atoms with Gasteiger partial charge in [0.05, 0.1) is 19.3 Å². The number of urea groups is 1. The van der Waals surface area contributed by atoms with Crippen LogP contribution in [0.5, 0.6) is 5.75 Å². The van der Waals surface area contributed by atoms with E-state index in [0.29, 0.717) is 17.9 Å². The number of nitrogens with zero attached hydrogens (tertiary/aromatic N) is 2. The van der Waals surface area contributed by atoms with Crippen LogP contribution < -0.4 is 15.0 Å². The first kappa shape index (κ1) is 18.0. The van der Waals surface area contributed by atoms with Gasteiger partial charge in [0.15, 0.2) is 0 Å². The van der Waals surface area contributed by atoms with Crippen LogP contribution >= 0.6 is 0 Å². The second-order valence-electron chi connectivity index (χ2n) is 6.83. The van der Waals surface area contributed by atoms with E-state index in [1.54, 1.807) is 17.2 Å². The van der Waals surface area contributed by atoms with Gasteiger partial charge in [0.2, 0.25) is 0 Å². The van der Waals surface area contributed by atoms with Crippen LogP contribution in [0.25, 0.3) is 11.1 Å². The molecule has 0 spiro atoms. The Kier molecular flexibility index (Phi) is 4.73. The third-order valence-corrected chi connectivity index (χ3v) is 5.02. The average molecular weight is 380 g/mol. The van der Waals surface area contributed by atoms with Gasteiger partial charge in [-0.15, -0.1) is 0 Å². The number of carbonyl (C=O) groups excluding carboxylic acids is 1. The minimum Gasteiger partial charge on any atom is -0.497 e. The van der Waals surface area contributed by atoms with Crippen molar-refractivity contribution >= 4 is 11.7 Å². The van der Waals surface area contributed by atoms with Crippen molar-refractivity contribution < 1.29 is 13.9 Å². The van der Waals surface area contributed by atoms with Gasteiger partial charge in [0.1, 0.15) is 11.6 Å². The molecule has 0 radical (unpaired) electrons. The zero-order valence-corrected chi connectivity index (χ0v) is 15.7. The summed E-state index contributed by atoms with van der Waals surface area (Å²) in [5.41, 5.74) is 4.75. The summed E-state index contributed by atoms with van der Waals surface area (Å²) in [6, 6.07) is 9.92. The summed E-state index contributed by atoms with van der Waals surface area (Å²) < 4.78 is 18.9. The van der Waals surface area contributed by atoms with Crippen molar-refractivity contribution in [3.63, 3.8) is 0 Å². The molecular weight excluding hydrogens is 359 g/mol. The van der Waals surface area contributed by atoms with E-state index < -0.39 is 5.82 Å². The Balaban J connectivity index is 1.50. The number of H-pyrrole nitrogens is 1. The van der Waals surface area contributed by atoms with Crippen molar-refractivity contribution in [2.75, 3.05) is 18.6 Å². The second kappa shape index (κ2) is 7.34. The first-order valence-corrected chi connectivity index (χ1v) is 9.10. The standard InChI is InChI=1S/C21H21FN4O2/c1-13(16-8-18(22)10-19(9-16)28-2)25-21(27)26-6-5-15-7-14(3-4-20(15)26)17-11-23-24-12-17/h3-4,7-13H,5-6H2,1-2H3,(H,23,24)(H,25,27). The van der Waals surface area contributed by atoms with Gasteiger partial charge in [-0.2, -0.15) is 5.10 Å². The van der Waals surface area contributed by atoms with Crippen molar-refractivity contribution in [3.05, 3.63) is 65.7 Å². The maximum absolute atomic E-state index is 13.8. The van der Waals surface area contributed by atoms with Crippen molar-refractivity contribution in [1.29, 1.82) is 0 Å². The SMILES string of the molecule is COc1cc(F)cc(C(C)NC(=O)N2CCc3cc(-c4cn[nH]c4)ccc32)c1. The van der Waals surface area contributed by atoms with Gasteiger partial charge in [-0.05, 0) is 54.3 Å². The molecule has 3 aromatic rings. The molecule has 0 aliphatic carbocycles. The van der Waals surface area contributed by atoms with Crippen LogP contribution in [0, 0.1) is 5.82 Å². The molecule has 28 heavy (non-hydrogen) atoms. The summed E-state index contributed by atoms with van der Waals surface area (Å²) in [5, 5.41) is 9.74. The summed E-state index contributed by atoms with van der Waals surface area (Å²) in [4.78, 5) is 14.5. The number of fused-ring (bicyclic) bond motifs is 1. The van der Waals surface area contributed by atoms with Gasteiger partial charge in [-0.3, -0.25) is 10.00 Å². The van der Waals surface area contributed by atoms with Crippen LogP contribution in [-0.2, 0) is 6.42 Å². The molecule has 6 nitrogen and oxygen atoms in total. The van der Waals surface area contributed by atoms with E-state index in [1.807, 2.05) is 25.3 Å². The van der Waals surface area contributed by atoms with Crippen molar-refractivity contribution in [1.82, 2.24) is 15.5 Å². The van der Waals surface area contributed by atoms with Crippen LogP contribution in [0.2, 0.25) is 0 Å². The molecule has 2 heterocycles. The number of benzene rings is 2. The van der Waals surface area contributed by atoms with E-state index >= 15 is 0 Å². The lowest BCUT2D eigenvalue weighted by Crippen LogP contribution is -2.40. The van der Waals surface area contributed by atoms with E-state index in [-0.39, 0.29) is 12.1 Å². The number of ether oxygens (including phenoxy) is 1. The molecule has 1 aromatic heterocycles. The van der Waals surface area contributed by atoms with Crippen LogP contribution in [0.3, 0.4) is 0 Å². The predicted molar refractivity (Wildman–Crippen MR) is 105 cm³/mol. The van der Waals surface area contributed by atoms with Gasteiger partial charge in [0, 0.05) is 30.1 Å².